The zero-order valence-corrected chi connectivity index (χ0v) is 12.4. The fourth-order valence-corrected chi connectivity index (χ4v) is 1.92. The molecule has 1 heterocycles. The quantitative estimate of drug-likeness (QED) is 0.696. The molecule has 0 bridgehead atoms. The first-order valence-corrected chi connectivity index (χ1v) is 6.69. The second-order valence-electron chi connectivity index (χ2n) is 4.58. The summed E-state index contributed by atoms with van der Waals surface area (Å²) < 4.78 is 4.71. The van der Waals surface area contributed by atoms with E-state index in [1.807, 2.05) is 6.07 Å². The molecule has 1 amide bonds. The van der Waals surface area contributed by atoms with Crippen LogP contribution in [-0.4, -0.2) is 24.0 Å². The third kappa shape index (κ3) is 3.79. The van der Waals surface area contributed by atoms with Gasteiger partial charge in [0.15, 0.2) is 0 Å². The van der Waals surface area contributed by atoms with Crippen molar-refractivity contribution in [1.82, 2.24) is 4.98 Å². The number of esters is 1. The van der Waals surface area contributed by atoms with E-state index in [0.29, 0.717) is 16.8 Å². The Morgan fingerprint density at radius 3 is 2.73 bits per heavy atom. The van der Waals surface area contributed by atoms with Gasteiger partial charge in [-0.15, -0.1) is 0 Å². The fraction of sp³-hybridized carbons (Fsp3) is 0.118. The smallest absolute Gasteiger partial charge is 0.338 e. The highest BCUT2D eigenvalue weighted by Crippen LogP contribution is 2.19. The Bertz CT molecular complexity index is 709. The summed E-state index contributed by atoms with van der Waals surface area (Å²) in [6, 6.07) is 8.72. The van der Waals surface area contributed by atoms with Gasteiger partial charge in [-0.2, -0.15) is 0 Å². The van der Waals surface area contributed by atoms with Crippen LogP contribution in [0.3, 0.4) is 0 Å². The Balaban J connectivity index is 2.12. The maximum Gasteiger partial charge on any atom is 0.338 e. The first-order chi connectivity index (χ1) is 10.6. The molecule has 2 rings (SSSR count). The molecule has 2 aromatic rings. The van der Waals surface area contributed by atoms with Gasteiger partial charge in [0.1, 0.15) is 0 Å². The third-order valence-corrected chi connectivity index (χ3v) is 3.11. The monoisotopic (exact) mass is 296 g/mol. The van der Waals surface area contributed by atoms with Crippen LogP contribution in [0.2, 0.25) is 0 Å². The summed E-state index contributed by atoms with van der Waals surface area (Å²) in [5.41, 5.74) is 2.50. The number of carbonyl (C=O) groups excluding carboxylic acids is 2. The molecular weight excluding hydrogens is 280 g/mol. The first kappa shape index (κ1) is 15.4. The number of methoxy groups -OCH3 is 1. The van der Waals surface area contributed by atoms with Crippen LogP contribution in [0.4, 0.5) is 5.69 Å². The maximum absolute atomic E-state index is 12.0. The van der Waals surface area contributed by atoms with Crippen molar-refractivity contribution >= 4 is 23.6 Å². The number of nitrogens with one attached hydrogen (secondary N) is 1. The molecule has 0 unspecified atom stereocenters. The number of rotatable bonds is 4. The van der Waals surface area contributed by atoms with Gasteiger partial charge in [0.25, 0.3) is 0 Å². The van der Waals surface area contributed by atoms with Crippen molar-refractivity contribution in [2.45, 2.75) is 6.92 Å². The normalized spacial score (nSPS) is 10.5. The molecule has 0 aliphatic heterocycles. The van der Waals surface area contributed by atoms with Gasteiger partial charge in [-0.25, -0.2) is 4.79 Å². The van der Waals surface area contributed by atoms with Gasteiger partial charge in [-0.1, -0.05) is 12.1 Å². The number of nitrogens with zero attached hydrogens (tertiary/aromatic N) is 1. The van der Waals surface area contributed by atoms with Crippen molar-refractivity contribution in [2.75, 3.05) is 12.4 Å². The number of benzene rings is 1. The predicted octanol–water partition coefficient (Wildman–Crippen LogP) is 2.83. The molecular formula is C17H16N2O3. The summed E-state index contributed by atoms with van der Waals surface area (Å²) >= 11 is 0. The number of pyridine rings is 1. The van der Waals surface area contributed by atoms with E-state index in [0.717, 1.165) is 5.56 Å². The summed E-state index contributed by atoms with van der Waals surface area (Å²) in [4.78, 5) is 27.5. The molecule has 1 N–H and O–H groups in total. The lowest BCUT2D eigenvalue weighted by Gasteiger charge is -2.10. The Morgan fingerprint density at radius 1 is 1.23 bits per heavy atom. The van der Waals surface area contributed by atoms with Gasteiger partial charge in [0.2, 0.25) is 5.91 Å². The Hall–Kier alpha value is -2.95. The van der Waals surface area contributed by atoms with Crippen molar-refractivity contribution < 1.29 is 14.3 Å². The second kappa shape index (κ2) is 7.17. The van der Waals surface area contributed by atoms with E-state index in [4.69, 9.17) is 4.74 Å². The van der Waals surface area contributed by atoms with Crippen molar-refractivity contribution in [3.05, 3.63) is 65.5 Å². The second-order valence-corrected chi connectivity index (χ2v) is 4.58. The van der Waals surface area contributed by atoms with Gasteiger partial charge in [-0.05, 0) is 42.3 Å². The van der Waals surface area contributed by atoms with Crippen LogP contribution >= 0.6 is 0 Å². The Labute approximate surface area is 128 Å². The number of aromatic nitrogens is 1. The lowest BCUT2D eigenvalue weighted by molar-refractivity contribution is -0.111. The Morgan fingerprint density at radius 2 is 2.05 bits per heavy atom. The highest BCUT2D eigenvalue weighted by Gasteiger charge is 2.12. The molecule has 0 atom stereocenters. The van der Waals surface area contributed by atoms with Crippen LogP contribution in [0.1, 0.15) is 21.5 Å². The Kier molecular flexibility index (Phi) is 5.03. The summed E-state index contributed by atoms with van der Waals surface area (Å²) in [7, 11) is 1.32. The topological polar surface area (TPSA) is 68.3 Å². The predicted molar refractivity (Wildman–Crippen MR) is 84.4 cm³/mol. The van der Waals surface area contributed by atoms with E-state index in [9.17, 15) is 9.59 Å². The molecule has 1 aromatic heterocycles. The van der Waals surface area contributed by atoms with Crippen molar-refractivity contribution in [2.24, 2.45) is 0 Å². The lowest BCUT2D eigenvalue weighted by atomic mass is 10.1. The molecule has 112 valence electrons. The van der Waals surface area contributed by atoms with Gasteiger partial charge in [0, 0.05) is 24.2 Å². The van der Waals surface area contributed by atoms with E-state index in [-0.39, 0.29) is 5.91 Å². The number of hydrogen-bond acceptors (Lipinski definition) is 4. The SMILES string of the molecule is COC(=O)c1cccc(NC(=O)/C=C/c2cccnc2)c1C. The standard InChI is InChI=1S/C17H16N2O3/c1-12-14(17(21)22-2)6-3-7-15(12)19-16(20)9-8-13-5-4-10-18-11-13/h3-11H,1-2H3,(H,19,20)/b9-8+. The van der Waals surface area contributed by atoms with Crippen molar-refractivity contribution in [3.63, 3.8) is 0 Å². The fourth-order valence-electron chi connectivity index (χ4n) is 1.92. The average molecular weight is 296 g/mol. The molecule has 0 aliphatic carbocycles. The van der Waals surface area contributed by atoms with Crippen LogP contribution in [-0.2, 0) is 9.53 Å². The minimum absolute atomic E-state index is 0.283. The van der Waals surface area contributed by atoms with E-state index in [1.54, 1.807) is 49.7 Å². The van der Waals surface area contributed by atoms with Crippen LogP contribution in [0.5, 0.6) is 0 Å². The first-order valence-electron chi connectivity index (χ1n) is 6.69. The van der Waals surface area contributed by atoms with Gasteiger partial charge < -0.3 is 10.1 Å². The minimum Gasteiger partial charge on any atom is -0.465 e. The lowest BCUT2D eigenvalue weighted by Crippen LogP contribution is -2.11. The van der Waals surface area contributed by atoms with Crippen LogP contribution < -0.4 is 5.32 Å². The van der Waals surface area contributed by atoms with E-state index >= 15 is 0 Å². The molecule has 0 aliphatic rings. The molecule has 1 aromatic carbocycles. The molecule has 0 fully saturated rings. The van der Waals surface area contributed by atoms with Gasteiger partial charge in [0.05, 0.1) is 12.7 Å². The van der Waals surface area contributed by atoms with E-state index in [1.165, 1.54) is 13.2 Å². The molecule has 0 saturated carbocycles. The summed E-state index contributed by atoms with van der Waals surface area (Å²) in [5, 5.41) is 2.75. The highest BCUT2D eigenvalue weighted by molar-refractivity contribution is 6.03. The van der Waals surface area contributed by atoms with Gasteiger partial charge >= 0.3 is 5.97 Å². The van der Waals surface area contributed by atoms with Crippen molar-refractivity contribution in [3.8, 4) is 0 Å². The van der Waals surface area contributed by atoms with Crippen LogP contribution in [0.25, 0.3) is 6.08 Å². The number of ether oxygens (including phenoxy) is 1. The minimum atomic E-state index is -0.431. The zero-order valence-electron chi connectivity index (χ0n) is 12.4. The zero-order chi connectivity index (χ0) is 15.9. The largest absolute Gasteiger partial charge is 0.465 e. The highest BCUT2D eigenvalue weighted by atomic mass is 16.5. The van der Waals surface area contributed by atoms with Crippen LogP contribution in [0, 0.1) is 6.92 Å². The molecule has 0 radical (unpaired) electrons. The summed E-state index contributed by atoms with van der Waals surface area (Å²) in [6.07, 6.45) is 6.41. The number of carbonyl (C=O) groups is 2. The van der Waals surface area contributed by atoms with Gasteiger partial charge in [-0.3, -0.25) is 9.78 Å². The number of anilines is 1. The number of hydrogen-bond donors (Lipinski definition) is 1. The van der Waals surface area contributed by atoms with Crippen LogP contribution in [0.15, 0.2) is 48.8 Å². The summed E-state index contributed by atoms with van der Waals surface area (Å²) in [5.74, 6) is -0.714. The molecule has 5 heteroatoms. The number of amides is 1. The summed E-state index contributed by atoms with van der Waals surface area (Å²) in [6.45, 7) is 1.76. The molecule has 0 saturated heterocycles. The third-order valence-electron chi connectivity index (χ3n) is 3.11. The van der Waals surface area contributed by atoms with E-state index in [2.05, 4.69) is 10.3 Å². The molecule has 22 heavy (non-hydrogen) atoms. The maximum atomic E-state index is 12.0. The average Bonchev–Trinajstić information content (AvgIpc) is 2.55. The van der Waals surface area contributed by atoms with E-state index < -0.39 is 5.97 Å². The molecule has 0 spiro atoms. The van der Waals surface area contributed by atoms with Crippen molar-refractivity contribution in [1.29, 1.82) is 0 Å². The molecule has 5 nitrogen and oxygen atoms in total.